The van der Waals surface area contributed by atoms with E-state index >= 15 is 0 Å². The topological polar surface area (TPSA) is 32.3 Å². The molecule has 0 saturated carbocycles. The molecule has 0 radical (unpaired) electrons. The summed E-state index contributed by atoms with van der Waals surface area (Å²) < 4.78 is 0. The van der Waals surface area contributed by atoms with Crippen LogP contribution in [0.2, 0.25) is 0 Å². The molecule has 2 rings (SSSR count). The normalized spacial score (nSPS) is 26.5. The van der Waals surface area contributed by atoms with Gasteiger partial charge in [-0.2, -0.15) is 0 Å². The van der Waals surface area contributed by atoms with Crippen molar-refractivity contribution in [2.24, 2.45) is 5.41 Å². The molecule has 2 saturated heterocycles. The number of nitrogens with one attached hydrogen (secondary N) is 1. The van der Waals surface area contributed by atoms with E-state index in [1.54, 1.807) is 0 Å². The molecule has 0 bridgehead atoms. The van der Waals surface area contributed by atoms with Crippen LogP contribution >= 0.6 is 21.6 Å². The number of nitrogens with zero attached hydrogens (tertiary/aromatic N) is 1. The minimum Gasteiger partial charge on any atom is -0.340 e. The molecule has 0 aliphatic carbocycles. The zero-order valence-electron chi connectivity index (χ0n) is 8.41. The predicted molar refractivity (Wildman–Crippen MR) is 62.5 cm³/mol. The van der Waals surface area contributed by atoms with Crippen molar-refractivity contribution in [3.05, 3.63) is 0 Å². The highest BCUT2D eigenvalue weighted by atomic mass is 33.1. The van der Waals surface area contributed by atoms with Crippen molar-refractivity contribution < 1.29 is 4.79 Å². The summed E-state index contributed by atoms with van der Waals surface area (Å²) in [5.74, 6) is 2.49. The van der Waals surface area contributed by atoms with Crippen LogP contribution in [0.15, 0.2) is 0 Å². The Hall–Kier alpha value is 0.130. The monoisotopic (exact) mass is 232 g/mol. The number of hydrogen-bond acceptors (Lipinski definition) is 4. The molecule has 2 aliphatic heterocycles. The molecular formula is C9H16N2OS2. The van der Waals surface area contributed by atoms with Gasteiger partial charge >= 0.3 is 0 Å². The second kappa shape index (κ2) is 4.33. The van der Waals surface area contributed by atoms with Gasteiger partial charge in [0.15, 0.2) is 0 Å². The van der Waals surface area contributed by atoms with E-state index < -0.39 is 0 Å². The molecule has 2 aliphatic rings. The number of hydrogen-bond donors (Lipinski definition) is 1. The van der Waals surface area contributed by atoms with Gasteiger partial charge in [-0.1, -0.05) is 21.6 Å². The molecule has 0 unspecified atom stereocenters. The lowest BCUT2D eigenvalue weighted by molar-refractivity contribution is -0.143. The predicted octanol–water partition coefficient (Wildman–Crippen LogP) is 0.819. The Morgan fingerprint density at radius 3 is 2.29 bits per heavy atom. The highest BCUT2D eigenvalue weighted by molar-refractivity contribution is 8.76. The van der Waals surface area contributed by atoms with Crippen LogP contribution in [0.5, 0.6) is 0 Å². The summed E-state index contributed by atoms with van der Waals surface area (Å²) >= 11 is 0. The van der Waals surface area contributed by atoms with Gasteiger partial charge < -0.3 is 10.2 Å². The Balaban J connectivity index is 1.95. The van der Waals surface area contributed by atoms with Gasteiger partial charge in [0.05, 0.1) is 5.41 Å². The van der Waals surface area contributed by atoms with E-state index in [9.17, 15) is 4.79 Å². The molecule has 1 amide bonds. The molecule has 14 heavy (non-hydrogen) atoms. The SMILES string of the molecule is CC1(C(=O)N2CCSSCC2)CNC1. The van der Waals surface area contributed by atoms with Crippen molar-refractivity contribution in [1.29, 1.82) is 0 Å². The van der Waals surface area contributed by atoms with Crippen molar-refractivity contribution in [3.63, 3.8) is 0 Å². The lowest BCUT2D eigenvalue weighted by Gasteiger charge is -2.41. The fourth-order valence-corrected chi connectivity index (χ4v) is 3.74. The molecule has 3 nitrogen and oxygen atoms in total. The Labute approximate surface area is 92.8 Å². The zero-order valence-corrected chi connectivity index (χ0v) is 10.0. The van der Waals surface area contributed by atoms with E-state index in [0.717, 1.165) is 37.7 Å². The fourth-order valence-electron chi connectivity index (χ4n) is 1.76. The summed E-state index contributed by atoms with van der Waals surface area (Å²) in [5, 5.41) is 3.18. The zero-order chi connectivity index (χ0) is 10.0. The van der Waals surface area contributed by atoms with Crippen LogP contribution in [0.1, 0.15) is 6.92 Å². The second-order valence-electron chi connectivity index (χ2n) is 4.10. The van der Waals surface area contributed by atoms with Crippen LogP contribution in [0.4, 0.5) is 0 Å². The molecule has 2 heterocycles. The van der Waals surface area contributed by atoms with Crippen LogP contribution < -0.4 is 5.32 Å². The van der Waals surface area contributed by atoms with Gasteiger partial charge in [-0.3, -0.25) is 4.79 Å². The molecule has 0 spiro atoms. The van der Waals surface area contributed by atoms with Gasteiger partial charge in [-0.05, 0) is 6.92 Å². The van der Waals surface area contributed by atoms with Crippen LogP contribution in [0.25, 0.3) is 0 Å². The van der Waals surface area contributed by atoms with Gasteiger partial charge in [0, 0.05) is 37.7 Å². The average Bonchev–Trinajstić information content (AvgIpc) is 2.41. The molecule has 80 valence electrons. The molecule has 0 aromatic rings. The summed E-state index contributed by atoms with van der Waals surface area (Å²) in [6.07, 6.45) is 0. The van der Waals surface area contributed by atoms with Crippen LogP contribution in [-0.4, -0.2) is 48.5 Å². The number of rotatable bonds is 1. The van der Waals surface area contributed by atoms with Crippen molar-refractivity contribution >= 4 is 27.5 Å². The minimum atomic E-state index is -0.111. The van der Waals surface area contributed by atoms with Crippen molar-refractivity contribution in [2.45, 2.75) is 6.92 Å². The third kappa shape index (κ3) is 2.04. The first kappa shape index (κ1) is 10.6. The summed E-state index contributed by atoms with van der Waals surface area (Å²) in [6, 6.07) is 0. The van der Waals surface area contributed by atoms with E-state index in [1.807, 2.05) is 26.5 Å². The molecule has 0 aromatic heterocycles. The standard InChI is InChI=1S/C9H16N2OS2/c1-9(6-10-7-9)8(12)11-2-4-13-14-5-3-11/h10H,2-7H2,1H3. The third-order valence-electron chi connectivity index (χ3n) is 2.81. The average molecular weight is 232 g/mol. The summed E-state index contributed by atoms with van der Waals surface area (Å²) in [4.78, 5) is 14.2. The second-order valence-corrected chi connectivity index (χ2v) is 6.80. The molecular weight excluding hydrogens is 216 g/mol. The highest BCUT2D eigenvalue weighted by Crippen LogP contribution is 2.28. The molecule has 0 aromatic carbocycles. The Kier molecular flexibility index (Phi) is 3.29. The number of carbonyl (C=O) groups is 1. The van der Waals surface area contributed by atoms with Gasteiger partial charge in [-0.25, -0.2) is 0 Å². The van der Waals surface area contributed by atoms with Crippen molar-refractivity contribution in [2.75, 3.05) is 37.7 Å². The first-order valence-corrected chi connectivity index (χ1v) is 7.46. The largest absolute Gasteiger partial charge is 0.340 e. The Morgan fingerprint density at radius 2 is 1.86 bits per heavy atom. The maximum atomic E-state index is 12.1. The van der Waals surface area contributed by atoms with Gasteiger partial charge in [-0.15, -0.1) is 0 Å². The smallest absolute Gasteiger partial charge is 0.231 e. The van der Waals surface area contributed by atoms with Gasteiger partial charge in [0.1, 0.15) is 0 Å². The van der Waals surface area contributed by atoms with Crippen molar-refractivity contribution in [3.8, 4) is 0 Å². The van der Waals surface area contributed by atoms with E-state index in [4.69, 9.17) is 0 Å². The lowest BCUT2D eigenvalue weighted by atomic mass is 9.82. The van der Waals surface area contributed by atoms with E-state index in [0.29, 0.717) is 5.91 Å². The minimum absolute atomic E-state index is 0.111. The van der Waals surface area contributed by atoms with Crippen LogP contribution in [-0.2, 0) is 4.79 Å². The maximum Gasteiger partial charge on any atom is 0.231 e. The van der Waals surface area contributed by atoms with Crippen LogP contribution in [0, 0.1) is 5.41 Å². The third-order valence-corrected chi connectivity index (χ3v) is 5.17. The Bertz CT molecular complexity index is 223. The quantitative estimate of drug-likeness (QED) is 0.679. The summed E-state index contributed by atoms with van der Waals surface area (Å²) in [6.45, 7) is 5.61. The van der Waals surface area contributed by atoms with E-state index in [-0.39, 0.29) is 5.41 Å². The summed E-state index contributed by atoms with van der Waals surface area (Å²) in [5.41, 5.74) is -0.111. The Morgan fingerprint density at radius 1 is 1.29 bits per heavy atom. The van der Waals surface area contributed by atoms with E-state index in [2.05, 4.69) is 12.2 Å². The van der Waals surface area contributed by atoms with Crippen molar-refractivity contribution in [1.82, 2.24) is 10.2 Å². The van der Waals surface area contributed by atoms with Crippen LogP contribution in [0.3, 0.4) is 0 Å². The molecule has 0 atom stereocenters. The number of amides is 1. The lowest BCUT2D eigenvalue weighted by Crippen LogP contribution is -2.60. The molecule has 2 fully saturated rings. The first-order chi connectivity index (χ1) is 6.72. The molecule has 5 heteroatoms. The van der Waals surface area contributed by atoms with E-state index in [1.165, 1.54) is 0 Å². The van der Waals surface area contributed by atoms with Gasteiger partial charge in [0.2, 0.25) is 5.91 Å². The number of carbonyl (C=O) groups excluding carboxylic acids is 1. The first-order valence-electron chi connectivity index (χ1n) is 4.97. The maximum absolute atomic E-state index is 12.1. The summed E-state index contributed by atoms with van der Waals surface area (Å²) in [7, 11) is 3.76. The fraction of sp³-hybridized carbons (Fsp3) is 0.889. The highest BCUT2D eigenvalue weighted by Gasteiger charge is 2.41. The molecule has 1 N–H and O–H groups in total. The van der Waals surface area contributed by atoms with Gasteiger partial charge in [0.25, 0.3) is 0 Å².